The van der Waals surface area contributed by atoms with Crippen molar-refractivity contribution < 1.29 is 0 Å². The molecule has 0 aromatic heterocycles. The van der Waals surface area contributed by atoms with Crippen molar-refractivity contribution in [3.63, 3.8) is 0 Å². The van der Waals surface area contributed by atoms with Gasteiger partial charge in [-0.1, -0.05) is 36.4 Å². The van der Waals surface area contributed by atoms with Gasteiger partial charge in [0.1, 0.15) is 0 Å². The van der Waals surface area contributed by atoms with Gasteiger partial charge in [-0.25, -0.2) is 0 Å². The van der Waals surface area contributed by atoms with Crippen LogP contribution in [0.3, 0.4) is 0 Å². The minimum atomic E-state index is 1.26. The molecule has 0 unspecified atom stereocenters. The minimum absolute atomic E-state index is 1.26. The summed E-state index contributed by atoms with van der Waals surface area (Å²) in [7, 11) is 1.76. The van der Waals surface area contributed by atoms with Gasteiger partial charge in [-0.05, 0) is 21.2 Å². The summed E-state index contributed by atoms with van der Waals surface area (Å²) in [4.78, 5) is 0. The summed E-state index contributed by atoms with van der Waals surface area (Å²) in [6, 6.07) is 0. The summed E-state index contributed by atoms with van der Waals surface area (Å²) in [5.41, 5.74) is 0. The molecule has 0 saturated heterocycles. The molecule has 2 heteroatoms. The van der Waals surface area contributed by atoms with Gasteiger partial charge in [0.25, 0.3) is 0 Å². The third kappa shape index (κ3) is 6.83. The van der Waals surface area contributed by atoms with Gasteiger partial charge in [-0.2, -0.15) is 0 Å². The Hall–Kier alpha value is 0.830. The van der Waals surface area contributed by atoms with E-state index in [9.17, 15) is 0 Å². The normalized spacial score (nSPS) is 9.75. The molecule has 0 aliphatic carbocycles. The maximum absolute atomic E-state index is 3.32. The van der Waals surface area contributed by atoms with Gasteiger partial charge in [0.05, 0.1) is 0 Å². The van der Waals surface area contributed by atoms with E-state index in [-0.39, 0.29) is 0 Å². The van der Waals surface area contributed by atoms with Crippen LogP contribution in [0.4, 0.5) is 0 Å². The van der Waals surface area contributed by atoms with Crippen LogP contribution in [-0.2, 0) is 0 Å². The maximum Gasteiger partial charge on any atom is 0.00425 e. The summed E-state index contributed by atoms with van der Waals surface area (Å²) in [5, 5.41) is 0. The van der Waals surface area contributed by atoms with Crippen LogP contribution in [0.25, 0.3) is 0 Å². The first kappa shape index (κ1) is 8.83. The standard InChI is InChI=1S/C6H13BrS/c1-2-3-4-5-6-8-7/h2-6H2,1H3. The quantitative estimate of drug-likeness (QED) is 0.606. The highest BCUT2D eigenvalue weighted by Crippen LogP contribution is 2.12. The van der Waals surface area contributed by atoms with E-state index in [0.717, 1.165) is 0 Å². The molecule has 0 heterocycles. The summed E-state index contributed by atoms with van der Waals surface area (Å²) < 4.78 is 0. The van der Waals surface area contributed by atoms with Crippen LogP contribution in [-0.4, -0.2) is 5.75 Å². The fourth-order valence-electron chi connectivity index (χ4n) is 0.583. The lowest BCUT2D eigenvalue weighted by Crippen LogP contribution is -1.76. The van der Waals surface area contributed by atoms with Crippen molar-refractivity contribution in [1.29, 1.82) is 0 Å². The molecule has 0 amide bonds. The zero-order valence-corrected chi connectivity index (χ0v) is 7.72. The summed E-state index contributed by atoms with van der Waals surface area (Å²) in [6.45, 7) is 2.24. The lowest BCUT2D eigenvalue weighted by molar-refractivity contribution is 0.707. The smallest absolute Gasteiger partial charge is 0.00425 e. The minimum Gasteiger partial charge on any atom is -0.0836 e. The van der Waals surface area contributed by atoms with Crippen molar-refractivity contribution in [1.82, 2.24) is 0 Å². The Morgan fingerprint density at radius 3 is 2.50 bits per heavy atom. The van der Waals surface area contributed by atoms with E-state index in [1.54, 1.807) is 10.2 Å². The van der Waals surface area contributed by atoms with Gasteiger partial charge in [-0.3, -0.25) is 0 Å². The molecule has 8 heavy (non-hydrogen) atoms. The molecule has 0 saturated carbocycles. The number of unbranched alkanes of at least 4 members (excludes halogenated alkanes) is 3. The van der Waals surface area contributed by atoms with Gasteiger partial charge >= 0.3 is 0 Å². The second-order valence-corrected chi connectivity index (χ2v) is 3.87. The average molecular weight is 197 g/mol. The van der Waals surface area contributed by atoms with Crippen LogP contribution in [0.2, 0.25) is 0 Å². The van der Waals surface area contributed by atoms with E-state index in [1.807, 2.05) is 0 Å². The van der Waals surface area contributed by atoms with E-state index in [4.69, 9.17) is 0 Å². The van der Waals surface area contributed by atoms with Gasteiger partial charge in [0.15, 0.2) is 0 Å². The van der Waals surface area contributed by atoms with Gasteiger partial charge in [0.2, 0.25) is 0 Å². The van der Waals surface area contributed by atoms with Crippen molar-refractivity contribution in [3.05, 3.63) is 0 Å². The second kappa shape index (κ2) is 7.83. The molecule has 0 radical (unpaired) electrons. The second-order valence-electron chi connectivity index (χ2n) is 1.87. The molecule has 0 aliphatic rings. The van der Waals surface area contributed by atoms with Crippen LogP contribution in [0.15, 0.2) is 0 Å². The topological polar surface area (TPSA) is 0 Å². The highest BCUT2D eigenvalue weighted by atomic mass is 79.9. The highest BCUT2D eigenvalue weighted by Gasteiger charge is 1.84. The fraction of sp³-hybridized carbons (Fsp3) is 1.00. The van der Waals surface area contributed by atoms with E-state index >= 15 is 0 Å². The van der Waals surface area contributed by atoms with Crippen LogP contribution in [0.1, 0.15) is 32.6 Å². The average Bonchev–Trinajstić information content (AvgIpc) is 1.81. The van der Waals surface area contributed by atoms with Crippen molar-refractivity contribution in [2.75, 3.05) is 5.75 Å². The van der Waals surface area contributed by atoms with Gasteiger partial charge in [0, 0.05) is 5.75 Å². The molecule has 0 aliphatic heterocycles. The van der Waals surface area contributed by atoms with Crippen molar-refractivity contribution >= 4 is 25.0 Å². The zero-order chi connectivity index (χ0) is 6.24. The van der Waals surface area contributed by atoms with Crippen LogP contribution < -0.4 is 0 Å². The third-order valence-electron chi connectivity index (χ3n) is 1.08. The molecule has 0 aromatic carbocycles. The lowest BCUT2D eigenvalue weighted by atomic mass is 10.2. The zero-order valence-electron chi connectivity index (χ0n) is 5.32. The van der Waals surface area contributed by atoms with Crippen molar-refractivity contribution in [2.45, 2.75) is 32.6 Å². The van der Waals surface area contributed by atoms with Crippen LogP contribution >= 0.6 is 25.0 Å². The molecule has 50 valence electrons. The van der Waals surface area contributed by atoms with E-state index < -0.39 is 0 Å². The first-order valence-corrected chi connectivity index (χ1v) is 5.98. The first-order valence-electron chi connectivity index (χ1n) is 3.15. The number of halogens is 1. The Bertz CT molecular complexity index is 33.5. The predicted molar refractivity (Wildman–Crippen MR) is 45.5 cm³/mol. The number of hydrogen-bond acceptors (Lipinski definition) is 1. The van der Waals surface area contributed by atoms with Gasteiger partial charge < -0.3 is 0 Å². The van der Waals surface area contributed by atoms with Gasteiger partial charge in [-0.15, -0.1) is 0 Å². The Morgan fingerprint density at radius 2 is 2.00 bits per heavy atom. The Balaban J connectivity index is 2.53. The molecule has 0 nitrogen and oxygen atoms in total. The Morgan fingerprint density at radius 1 is 1.25 bits per heavy atom. The van der Waals surface area contributed by atoms with E-state index in [0.29, 0.717) is 0 Å². The van der Waals surface area contributed by atoms with E-state index in [1.165, 1.54) is 31.4 Å². The highest BCUT2D eigenvalue weighted by molar-refractivity contribution is 9.50. The molecule has 0 bridgehead atoms. The Kier molecular flexibility index (Phi) is 8.64. The molecule has 0 N–H and O–H groups in total. The van der Waals surface area contributed by atoms with Crippen molar-refractivity contribution in [3.8, 4) is 0 Å². The molecule has 0 atom stereocenters. The SMILES string of the molecule is CCCCCCSBr. The van der Waals surface area contributed by atoms with Crippen molar-refractivity contribution in [2.24, 2.45) is 0 Å². The maximum atomic E-state index is 3.32. The molecular formula is C6H13BrS. The molecule has 0 rings (SSSR count). The summed E-state index contributed by atoms with van der Waals surface area (Å²) in [6.07, 6.45) is 5.50. The monoisotopic (exact) mass is 196 g/mol. The predicted octanol–water partition coefficient (Wildman–Crippen LogP) is 3.61. The molecule has 0 aromatic rings. The molecule has 0 fully saturated rings. The lowest BCUT2D eigenvalue weighted by Gasteiger charge is -1.92. The van der Waals surface area contributed by atoms with Crippen LogP contribution in [0, 0.1) is 0 Å². The first-order chi connectivity index (χ1) is 3.91. The summed E-state index contributed by atoms with van der Waals surface area (Å²) in [5.74, 6) is 1.26. The largest absolute Gasteiger partial charge is 0.0836 e. The Labute approximate surface area is 63.6 Å². The third-order valence-corrected chi connectivity index (χ3v) is 2.49. The molecular weight excluding hydrogens is 184 g/mol. The fourth-order valence-corrected chi connectivity index (χ4v) is 1.58. The number of rotatable bonds is 5. The summed E-state index contributed by atoms with van der Waals surface area (Å²) >= 11 is 3.32. The number of hydrogen-bond donors (Lipinski definition) is 0. The van der Waals surface area contributed by atoms with Crippen LogP contribution in [0.5, 0.6) is 0 Å². The molecule has 0 spiro atoms. The van der Waals surface area contributed by atoms with E-state index in [2.05, 4.69) is 21.7 Å².